The topological polar surface area (TPSA) is 49.8 Å². The summed E-state index contributed by atoms with van der Waals surface area (Å²) in [7, 11) is 0. The Morgan fingerprint density at radius 1 is 1.37 bits per heavy atom. The number of phenolic OH excluding ortho intramolecular Hbond substituents is 1. The van der Waals surface area contributed by atoms with E-state index in [1.165, 1.54) is 5.56 Å². The van der Waals surface area contributed by atoms with Crippen LogP contribution in [0.5, 0.6) is 5.75 Å². The maximum absolute atomic E-state index is 12.1. The molecule has 4 heteroatoms. The summed E-state index contributed by atoms with van der Waals surface area (Å²) in [4.78, 5) is 13.9. The fourth-order valence-electron chi connectivity index (χ4n) is 2.13. The second-order valence-electron chi connectivity index (χ2n) is 5.92. The first-order valence-corrected chi connectivity index (χ1v) is 6.58. The molecule has 0 unspecified atom stereocenters. The number of carbonyl (C=O) groups is 1. The van der Waals surface area contributed by atoms with Crippen molar-refractivity contribution in [3.05, 3.63) is 29.3 Å². The van der Waals surface area contributed by atoms with Gasteiger partial charge >= 0.3 is 0 Å². The first kappa shape index (κ1) is 13.9. The zero-order valence-corrected chi connectivity index (χ0v) is 11.8. The Labute approximate surface area is 114 Å². The van der Waals surface area contributed by atoms with Gasteiger partial charge < -0.3 is 14.7 Å². The Bertz CT molecular complexity index is 477. The van der Waals surface area contributed by atoms with Crippen LogP contribution in [0, 0.1) is 0 Å². The van der Waals surface area contributed by atoms with Crippen molar-refractivity contribution in [2.24, 2.45) is 0 Å². The molecule has 1 amide bonds. The van der Waals surface area contributed by atoms with Gasteiger partial charge in [0, 0.05) is 13.1 Å². The predicted molar refractivity (Wildman–Crippen MR) is 72.9 cm³/mol. The lowest BCUT2D eigenvalue weighted by Crippen LogP contribution is -2.39. The molecule has 1 aliphatic heterocycles. The minimum atomic E-state index is -0.304. The lowest BCUT2D eigenvalue weighted by molar-refractivity contribution is -0.142. The molecule has 0 aromatic heterocycles. The minimum absolute atomic E-state index is 0.00363. The lowest BCUT2D eigenvalue weighted by atomic mass is 9.99. The molecular formula is C15H21NO3. The molecule has 0 fully saturated rings. The number of rotatable bonds is 2. The van der Waals surface area contributed by atoms with E-state index in [0.717, 1.165) is 12.0 Å². The maximum Gasteiger partial charge on any atom is 0.248 e. The number of amides is 1. The third kappa shape index (κ3) is 3.70. The van der Waals surface area contributed by atoms with Crippen molar-refractivity contribution in [1.82, 2.24) is 4.90 Å². The zero-order chi connectivity index (χ0) is 14.0. The van der Waals surface area contributed by atoms with Crippen LogP contribution in [0.1, 0.15) is 31.9 Å². The third-order valence-electron chi connectivity index (χ3n) is 3.18. The van der Waals surface area contributed by atoms with Gasteiger partial charge in [0.25, 0.3) is 0 Å². The fraction of sp³-hybridized carbons (Fsp3) is 0.533. The molecule has 1 aromatic carbocycles. The van der Waals surface area contributed by atoms with Gasteiger partial charge in [0.1, 0.15) is 12.4 Å². The van der Waals surface area contributed by atoms with Crippen LogP contribution < -0.4 is 0 Å². The molecule has 1 heterocycles. The number of hydrogen-bond donors (Lipinski definition) is 1. The van der Waals surface area contributed by atoms with Gasteiger partial charge in [0.15, 0.2) is 0 Å². The molecule has 0 radical (unpaired) electrons. The number of carbonyl (C=O) groups excluding carboxylic acids is 1. The van der Waals surface area contributed by atoms with Gasteiger partial charge in [-0.1, -0.05) is 6.07 Å². The molecule has 2 rings (SSSR count). The van der Waals surface area contributed by atoms with E-state index in [9.17, 15) is 9.90 Å². The van der Waals surface area contributed by atoms with Crippen LogP contribution in [0.3, 0.4) is 0 Å². The van der Waals surface area contributed by atoms with Crippen LogP contribution in [0.4, 0.5) is 0 Å². The monoisotopic (exact) mass is 263 g/mol. The number of ether oxygens (including phenoxy) is 1. The molecule has 0 spiro atoms. The van der Waals surface area contributed by atoms with Crippen molar-refractivity contribution >= 4 is 5.91 Å². The van der Waals surface area contributed by atoms with Crippen molar-refractivity contribution in [3.8, 4) is 5.75 Å². The Hall–Kier alpha value is -1.55. The number of hydrogen-bond acceptors (Lipinski definition) is 3. The zero-order valence-electron chi connectivity index (χ0n) is 11.8. The summed E-state index contributed by atoms with van der Waals surface area (Å²) in [6.07, 6.45) is 0.830. The highest BCUT2D eigenvalue weighted by molar-refractivity contribution is 5.77. The Morgan fingerprint density at radius 3 is 2.79 bits per heavy atom. The highest BCUT2D eigenvalue weighted by Gasteiger charge is 2.22. The smallest absolute Gasteiger partial charge is 0.248 e. The minimum Gasteiger partial charge on any atom is -0.508 e. The van der Waals surface area contributed by atoms with Crippen LogP contribution in [0.15, 0.2) is 18.2 Å². The highest BCUT2D eigenvalue weighted by Crippen LogP contribution is 2.23. The summed E-state index contributed by atoms with van der Waals surface area (Å²) in [5.41, 5.74) is 1.93. The first-order chi connectivity index (χ1) is 8.85. The van der Waals surface area contributed by atoms with Gasteiger partial charge in [0.05, 0.1) is 5.60 Å². The van der Waals surface area contributed by atoms with Crippen molar-refractivity contribution in [3.63, 3.8) is 0 Å². The number of aromatic hydroxyl groups is 1. The molecule has 1 aromatic rings. The van der Waals surface area contributed by atoms with Crippen LogP contribution >= 0.6 is 0 Å². The normalized spacial score (nSPS) is 15.2. The number of phenols is 1. The van der Waals surface area contributed by atoms with Crippen molar-refractivity contribution in [2.45, 2.75) is 39.3 Å². The standard InChI is InChI=1S/C15H21NO3/c1-15(2,3)19-10-14(18)16-7-6-11-4-5-13(17)8-12(11)9-16/h4-5,8,17H,6-7,9-10H2,1-3H3. The van der Waals surface area contributed by atoms with Crippen LogP contribution in [0.2, 0.25) is 0 Å². The second-order valence-corrected chi connectivity index (χ2v) is 5.92. The maximum atomic E-state index is 12.1. The summed E-state index contributed by atoms with van der Waals surface area (Å²) in [6.45, 7) is 7.18. The van der Waals surface area contributed by atoms with Crippen molar-refractivity contribution < 1.29 is 14.6 Å². The number of nitrogens with zero attached hydrogens (tertiary/aromatic N) is 1. The summed E-state index contributed by atoms with van der Waals surface area (Å²) in [5, 5.41) is 9.49. The van der Waals surface area contributed by atoms with Crippen LogP contribution in [-0.4, -0.2) is 34.7 Å². The molecule has 0 saturated carbocycles. The molecule has 19 heavy (non-hydrogen) atoms. The first-order valence-electron chi connectivity index (χ1n) is 6.58. The summed E-state index contributed by atoms with van der Waals surface area (Å²) in [6, 6.07) is 5.36. The summed E-state index contributed by atoms with van der Waals surface area (Å²) >= 11 is 0. The molecule has 0 saturated heterocycles. The molecule has 0 atom stereocenters. The van der Waals surface area contributed by atoms with Gasteiger partial charge in [-0.05, 0) is 50.5 Å². The van der Waals surface area contributed by atoms with E-state index in [2.05, 4.69) is 0 Å². The van der Waals surface area contributed by atoms with E-state index in [1.54, 1.807) is 17.0 Å². The van der Waals surface area contributed by atoms with E-state index < -0.39 is 0 Å². The van der Waals surface area contributed by atoms with Gasteiger partial charge in [-0.3, -0.25) is 4.79 Å². The Balaban J connectivity index is 1.99. The summed E-state index contributed by atoms with van der Waals surface area (Å²) < 4.78 is 5.52. The SMILES string of the molecule is CC(C)(C)OCC(=O)N1CCc2ccc(O)cc2C1. The van der Waals surface area contributed by atoms with E-state index in [0.29, 0.717) is 13.1 Å². The Kier molecular flexibility index (Phi) is 3.80. The number of benzene rings is 1. The molecule has 0 bridgehead atoms. The molecular weight excluding hydrogens is 242 g/mol. The van der Waals surface area contributed by atoms with E-state index in [4.69, 9.17) is 4.74 Å². The molecule has 0 aliphatic carbocycles. The van der Waals surface area contributed by atoms with Gasteiger partial charge in [-0.25, -0.2) is 0 Å². The second kappa shape index (κ2) is 5.21. The largest absolute Gasteiger partial charge is 0.508 e. The van der Waals surface area contributed by atoms with Gasteiger partial charge in [-0.15, -0.1) is 0 Å². The van der Waals surface area contributed by atoms with E-state index in [1.807, 2.05) is 26.8 Å². The quantitative estimate of drug-likeness (QED) is 0.889. The average Bonchev–Trinajstić information content (AvgIpc) is 2.34. The van der Waals surface area contributed by atoms with Crippen molar-refractivity contribution in [1.29, 1.82) is 0 Å². The highest BCUT2D eigenvalue weighted by atomic mass is 16.5. The Morgan fingerprint density at radius 2 is 2.11 bits per heavy atom. The molecule has 104 valence electrons. The predicted octanol–water partition coefficient (Wildman–Crippen LogP) is 2.09. The van der Waals surface area contributed by atoms with Crippen LogP contribution in [-0.2, 0) is 22.5 Å². The fourth-order valence-corrected chi connectivity index (χ4v) is 2.13. The lowest BCUT2D eigenvalue weighted by Gasteiger charge is -2.30. The molecule has 1 N–H and O–H groups in total. The third-order valence-corrected chi connectivity index (χ3v) is 3.18. The average molecular weight is 263 g/mol. The summed E-state index contributed by atoms with van der Waals surface area (Å²) in [5.74, 6) is 0.253. The van der Waals surface area contributed by atoms with E-state index >= 15 is 0 Å². The van der Waals surface area contributed by atoms with Gasteiger partial charge in [0.2, 0.25) is 5.91 Å². The molecule has 4 nitrogen and oxygen atoms in total. The van der Waals surface area contributed by atoms with Gasteiger partial charge in [-0.2, -0.15) is 0 Å². The molecule has 1 aliphatic rings. The van der Waals surface area contributed by atoms with Crippen molar-refractivity contribution in [2.75, 3.05) is 13.2 Å². The van der Waals surface area contributed by atoms with Crippen LogP contribution in [0.25, 0.3) is 0 Å². The number of fused-ring (bicyclic) bond motifs is 1. The van der Waals surface area contributed by atoms with E-state index in [-0.39, 0.29) is 23.9 Å².